The third kappa shape index (κ3) is 2.73. The molecule has 138 valence electrons. The molecule has 0 spiro atoms. The summed E-state index contributed by atoms with van der Waals surface area (Å²) < 4.78 is 8.46. The normalized spacial score (nSPS) is 18.7. The van der Waals surface area contributed by atoms with Crippen LogP contribution in [-0.4, -0.2) is 30.3 Å². The van der Waals surface area contributed by atoms with E-state index in [0.29, 0.717) is 5.82 Å². The van der Waals surface area contributed by atoms with E-state index in [-0.39, 0.29) is 31.7 Å². The van der Waals surface area contributed by atoms with Crippen LogP contribution in [0.2, 0.25) is 0 Å². The molecular weight excluding hydrogens is 419 g/mol. The molecule has 1 atom stereocenters. The maximum atomic E-state index is 12.7. The first kappa shape index (κ1) is 17.2. The van der Waals surface area contributed by atoms with Gasteiger partial charge < -0.3 is 0 Å². The van der Waals surface area contributed by atoms with Crippen molar-refractivity contribution >= 4 is 35.9 Å². The molecule has 5 rings (SSSR count). The van der Waals surface area contributed by atoms with Crippen molar-refractivity contribution in [2.75, 3.05) is 5.32 Å². The summed E-state index contributed by atoms with van der Waals surface area (Å²) in [6.45, 7) is 0. The predicted molar refractivity (Wildman–Crippen MR) is 105 cm³/mol. The molecule has 6 nitrogen and oxygen atoms in total. The van der Waals surface area contributed by atoms with Crippen LogP contribution >= 0.6 is 0 Å². The number of nitrogens with one attached hydrogen (secondary N) is 1. The first-order valence-electron chi connectivity index (χ1n) is 9.18. The minimum atomic E-state index is -0.804. The Labute approximate surface area is 167 Å². The topological polar surface area (TPSA) is 87.9 Å². The average molecular weight is 435 g/mol. The SMILES string of the molecule is N#CC1=C(Nc2ncnc3[se]c4c(c23)CCCC4)OC(c2ccccc2)C1=O. The molecule has 1 aromatic carbocycles. The van der Waals surface area contributed by atoms with E-state index in [2.05, 4.69) is 15.3 Å². The number of hydrogen-bond donors (Lipinski definition) is 1. The van der Waals surface area contributed by atoms with Crippen molar-refractivity contribution in [3.05, 3.63) is 63.7 Å². The van der Waals surface area contributed by atoms with Gasteiger partial charge in [-0.25, -0.2) is 0 Å². The number of ether oxygens (including phenoxy) is 1. The van der Waals surface area contributed by atoms with Crippen LogP contribution in [0.3, 0.4) is 0 Å². The van der Waals surface area contributed by atoms with Crippen molar-refractivity contribution in [1.82, 2.24) is 9.97 Å². The molecule has 1 aliphatic heterocycles. The molecule has 0 fully saturated rings. The van der Waals surface area contributed by atoms with E-state index < -0.39 is 6.10 Å². The Balaban J connectivity index is 1.54. The van der Waals surface area contributed by atoms with E-state index in [1.54, 1.807) is 6.33 Å². The predicted octanol–water partition coefficient (Wildman–Crippen LogP) is 3.05. The van der Waals surface area contributed by atoms with Gasteiger partial charge in [0.05, 0.1) is 0 Å². The number of aryl methyl sites for hydroxylation is 2. The molecule has 1 N–H and O–H groups in total. The van der Waals surface area contributed by atoms with Gasteiger partial charge in [-0.2, -0.15) is 0 Å². The quantitative estimate of drug-likeness (QED) is 0.637. The summed E-state index contributed by atoms with van der Waals surface area (Å²) in [7, 11) is 0. The summed E-state index contributed by atoms with van der Waals surface area (Å²) in [4.78, 5) is 21.6. The summed E-state index contributed by atoms with van der Waals surface area (Å²) in [5.41, 5.74) is 2.07. The number of aromatic nitrogens is 2. The zero-order valence-corrected chi connectivity index (χ0v) is 16.6. The van der Waals surface area contributed by atoms with Gasteiger partial charge in [-0.15, -0.1) is 0 Å². The Bertz CT molecular complexity index is 1160. The molecule has 0 saturated carbocycles. The van der Waals surface area contributed by atoms with Gasteiger partial charge in [-0.1, -0.05) is 0 Å². The number of benzene rings is 1. The minimum absolute atomic E-state index is 0.00238. The third-order valence-electron chi connectivity index (χ3n) is 5.14. The summed E-state index contributed by atoms with van der Waals surface area (Å²) in [6.07, 6.45) is 5.29. The molecule has 0 amide bonds. The molecule has 2 aromatic heterocycles. The van der Waals surface area contributed by atoms with Crippen LogP contribution in [-0.2, 0) is 22.4 Å². The van der Waals surface area contributed by atoms with E-state index >= 15 is 0 Å². The van der Waals surface area contributed by atoms with Crippen molar-refractivity contribution in [3.8, 4) is 6.07 Å². The van der Waals surface area contributed by atoms with Crippen molar-refractivity contribution < 1.29 is 9.53 Å². The summed E-state index contributed by atoms with van der Waals surface area (Å²) in [5.74, 6) is 0.478. The van der Waals surface area contributed by atoms with Crippen molar-refractivity contribution in [2.24, 2.45) is 0 Å². The number of rotatable bonds is 3. The fraction of sp³-hybridized carbons (Fsp3) is 0.238. The first-order chi connectivity index (χ1) is 13.8. The number of carbonyl (C=O) groups excluding carboxylic acids is 1. The molecule has 1 aliphatic carbocycles. The van der Waals surface area contributed by atoms with Crippen molar-refractivity contribution in [1.29, 1.82) is 5.26 Å². The number of carbonyl (C=O) groups is 1. The van der Waals surface area contributed by atoms with Crippen LogP contribution < -0.4 is 5.32 Å². The second kappa shape index (κ2) is 6.90. The maximum absolute atomic E-state index is 12.7. The molecule has 0 bridgehead atoms. The molecule has 2 aliphatic rings. The van der Waals surface area contributed by atoms with E-state index in [9.17, 15) is 10.1 Å². The summed E-state index contributed by atoms with van der Waals surface area (Å²) in [6, 6.07) is 11.2. The number of hydrogen-bond acceptors (Lipinski definition) is 6. The molecule has 28 heavy (non-hydrogen) atoms. The average Bonchev–Trinajstić information content (AvgIpc) is 3.26. The van der Waals surface area contributed by atoms with E-state index in [1.807, 2.05) is 36.4 Å². The van der Waals surface area contributed by atoms with Crippen LogP contribution in [0, 0.1) is 11.3 Å². The van der Waals surface area contributed by atoms with E-state index in [1.165, 1.54) is 22.8 Å². The number of Topliss-reactive ketones (excluding diaryl/α,β-unsaturated/α-hetero) is 1. The van der Waals surface area contributed by atoms with E-state index in [0.717, 1.165) is 28.2 Å². The Morgan fingerprint density at radius 2 is 2.00 bits per heavy atom. The number of anilines is 1. The van der Waals surface area contributed by atoms with Crippen LogP contribution in [0.25, 0.3) is 9.78 Å². The molecule has 3 heterocycles. The molecular formula is C21H16N4O2Se. The van der Waals surface area contributed by atoms with Gasteiger partial charge >= 0.3 is 167 Å². The Morgan fingerprint density at radius 1 is 1.18 bits per heavy atom. The van der Waals surface area contributed by atoms with Crippen LogP contribution in [0.5, 0.6) is 0 Å². The fourth-order valence-electron chi connectivity index (χ4n) is 3.81. The van der Waals surface area contributed by atoms with Crippen molar-refractivity contribution in [2.45, 2.75) is 31.8 Å². The number of ketones is 1. The second-order valence-electron chi connectivity index (χ2n) is 6.83. The van der Waals surface area contributed by atoms with Gasteiger partial charge in [0.25, 0.3) is 0 Å². The molecule has 7 heteroatoms. The van der Waals surface area contributed by atoms with Gasteiger partial charge in [0.2, 0.25) is 0 Å². The first-order valence-corrected chi connectivity index (χ1v) is 10.9. The van der Waals surface area contributed by atoms with Gasteiger partial charge in [-0.3, -0.25) is 0 Å². The van der Waals surface area contributed by atoms with Crippen LogP contribution in [0.15, 0.2) is 48.1 Å². The van der Waals surface area contributed by atoms with Gasteiger partial charge in [0.1, 0.15) is 0 Å². The zero-order valence-electron chi connectivity index (χ0n) is 14.9. The van der Waals surface area contributed by atoms with E-state index in [4.69, 9.17) is 4.74 Å². The Morgan fingerprint density at radius 3 is 2.82 bits per heavy atom. The number of nitriles is 1. The number of nitrogens with zero attached hydrogens (tertiary/aromatic N) is 3. The van der Waals surface area contributed by atoms with Gasteiger partial charge in [-0.05, 0) is 0 Å². The molecule has 1 unspecified atom stereocenters. The molecule has 3 aromatic rings. The van der Waals surface area contributed by atoms with Gasteiger partial charge in [0.15, 0.2) is 0 Å². The standard InChI is InChI=1S/C21H16N4O2Se/c22-10-14-17(26)18(12-6-2-1-3-7-12)27-20(14)25-19-16-13-8-4-5-9-15(13)28-21(16)24-11-23-19/h1-3,6-7,11,18H,4-5,8-9H2,(H,23,24,25). The molecule has 0 saturated heterocycles. The van der Waals surface area contributed by atoms with Crippen LogP contribution in [0.1, 0.15) is 34.5 Å². The summed E-state index contributed by atoms with van der Waals surface area (Å²) in [5, 5.41) is 13.7. The zero-order chi connectivity index (χ0) is 19.1. The summed E-state index contributed by atoms with van der Waals surface area (Å²) >= 11 is 0.232. The second-order valence-corrected chi connectivity index (χ2v) is 9.10. The number of fused-ring (bicyclic) bond motifs is 3. The van der Waals surface area contributed by atoms with Crippen molar-refractivity contribution in [3.63, 3.8) is 0 Å². The van der Waals surface area contributed by atoms with Crippen LogP contribution in [0.4, 0.5) is 5.82 Å². The monoisotopic (exact) mass is 436 g/mol. The Kier molecular flexibility index (Phi) is 4.23. The fourth-order valence-corrected chi connectivity index (χ4v) is 6.39. The third-order valence-corrected chi connectivity index (χ3v) is 7.66. The molecule has 0 radical (unpaired) electrons. The Hall–Kier alpha value is -2.94. The van der Waals surface area contributed by atoms with Gasteiger partial charge in [0, 0.05) is 0 Å².